The Labute approximate surface area is 599 Å². The third kappa shape index (κ3) is 21.1. The molecule has 0 fully saturated rings. The molecular formula is C74H78Cl4N14O8. The van der Waals surface area contributed by atoms with Crippen molar-refractivity contribution in [2.45, 2.75) is 51.6 Å². The van der Waals surface area contributed by atoms with E-state index < -0.39 is 18.1 Å². The molecular weight excluding hydrogens is 1350 g/mol. The third-order valence-electron chi connectivity index (χ3n) is 15.5. The van der Waals surface area contributed by atoms with E-state index in [2.05, 4.69) is 25.6 Å². The number of anilines is 1. The molecule has 520 valence electrons. The molecule has 100 heavy (non-hydrogen) atoms. The Balaban J connectivity index is 0.000000229. The molecule has 0 spiro atoms. The number of nitrogens with two attached hydrogens (primary N) is 1. The molecule has 0 saturated carbocycles. The van der Waals surface area contributed by atoms with Crippen LogP contribution in [0.2, 0.25) is 20.1 Å². The summed E-state index contributed by atoms with van der Waals surface area (Å²) in [6.45, 7) is 7.03. The second kappa shape index (κ2) is 37.9. The fourth-order valence-electron chi connectivity index (χ4n) is 10.7. The van der Waals surface area contributed by atoms with Crippen molar-refractivity contribution in [2.75, 3.05) is 86.0 Å². The maximum absolute atomic E-state index is 14.4. The molecule has 0 aliphatic carbocycles. The molecule has 0 radical (unpaired) electrons. The molecule has 4 aromatic heterocycles. The summed E-state index contributed by atoms with van der Waals surface area (Å²) < 4.78 is 14.3. The number of carbonyl (C=O) groups excluding carboxylic acids is 4. The smallest absolute Gasteiger partial charge is 0.319 e. The van der Waals surface area contributed by atoms with E-state index in [4.69, 9.17) is 71.6 Å². The van der Waals surface area contributed by atoms with E-state index in [1.165, 1.54) is 10.6 Å². The number of urea groups is 1. The Morgan fingerprint density at radius 3 is 1.41 bits per heavy atom. The van der Waals surface area contributed by atoms with E-state index >= 15 is 0 Å². The van der Waals surface area contributed by atoms with Gasteiger partial charge in [0.1, 0.15) is 23.1 Å². The molecule has 2 atom stereocenters. The summed E-state index contributed by atoms with van der Waals surface area (Å²) >= 11 is 24.8. The van der Waals surface area contributed by atoms with E-state index in [0.29, 0.717) is 134 Å². The Bertz CT molecular complexity index is 4550. The van der Waals surface area contributed by atoms with Gasteiger partial charge in [-0.25, -0.2) is 29.5 Å². The number of aromatic nitrogens is 6. The van der Waals surface area contributed by atoms with Crippen LogP contribution < -0.4 is 37.0 Å². The minimum atomic E-state index is -0.770. The van der Waals surface area contributed by atoms with Crippen LogP contribution in [0.25, 0.3) is 33.4 Å². The largest absolute Gasteiger partial charge is 0.494 e. The highest BCUT2D eigenvalue weighted by Crippen LogP contribution is 2.32. The molecule has 0 saturated heterocycles. The molecule has 10 rings (SSSR count). The summed E-state index contributed by atoms with van der Waals surface area (Å²) in [4.78, 5) is 109. The average molecular weight is 1430 g/mol. The number of isocyanates is 1. The van der Waals surface area contributed by atoms with Crippen LogP contribution in [-0.2, 0) is 27.2 Å². The highest BCUT2D eigenvalue weighted by molar-refractivity contribution is 6.42. The van der Waals surface area contributed by atoms with Crippen LogP contribution in [0.15, 0.2) is 197 Å². The van der Waals surface area contributed by atoms with Crippen molar-refractivity contribution < 1.29 is 28.7 Å². The lowest BCUT2D eigenvalue weighted by Gasteiger charge is -2.34. The first-order valence-corrected chi connectivity index (χ1v) is 33.7. The molecule has 0 aliphatic rings. The summed E-state index contributed by atoms with van der Waals surface area (Å²) in [5.41, 5.74) is 9.86. The highest BCUT2D eigenvalue weighted by atomic mass is 35.5. The fraction of sp³-hybridized carbons (Fsp3) is 0.270. The van der Waals surface area contributed by atoms with E-state index in [0.717, 1.165) is 5.56 Å². The van der Waals surface area contributed by atoms with E-state index in [-0.39, 0.29) is 60.9 Å². The zero-order valence-corrected chi connectivity index (χ0v) is 59.3. The van der Waals surface area contributed by atoms with Crippen molar-refractivity contribution in [2.24, 2.45) is 10.7 Å². The molecule has 26 heteroatoms. The zero-order valence-electron chi connectivity index (χ0n) is 56.2. The van der Waals surface area contributed by atoms with Crippen molar-refractivity contribution in [3.8, 4) is 22.9 Å². The zero-order chi connectivity index (χ0) is 71.7. The number of hydrogen-bond acceptors (Lipinski definition) is 16. The van der Waals surface area contributed by atoms with Crippen LogP contribution in [0.5, 0.6) is 11.5 Å². The lowest BCUT2D eigenvalue weighted by Crippen LogP contribution is -2.44. The molecule has 4 amide bonds. The highest BCUT2D eigenvalue weighted by Gasteiger charge is 2.33. The van der Waals surface area contributed by atoms with Crippen LogP contribution >= 0.6 is 46.4 Å². The number of benzene rings is 6. The van der Waals surface area contributed by atoms with Crippen molar-refractivity contribution in [1.29, 1.82) is 0 Å². The van der Waals surface area contributed by atoms with Crippen LogP contribution in [0.1, 0.15) is 61.5 Å². The Morgan fingerprint density at radius 1 is 0.560 bits per heavy atom. The van der Waals surface area contributed by atoms with Gasteiger partial charge in [-0.2, -0.15) is 4.99 Å². The second-order valence-electron chi connectivity index (χ2n) is 23.1. The van der Waals surface area contributed by atoms with E-state index in [1.807, 2.05) is 88.2 Å². The molecule has 0 aliphatic heterocycles. The van der Waals surface area contributed by atoms with Gasteiger partial charge in [-0.15, -0.1) is 0 Å². The van der Waals surface area contributed by atoms with Crippen molar-refractivity contribution in [1.82, 2.24) is 54.0 Å². The molecule has 4 heterocycles. The lowest BCUT2D eigenvalue weighted by atomic mass is 10.1. The Morgan fingerprint density at radius 2 is 1.00 bits per heavy atom. The number of nitrogens with one attached hydrogen (secondary N) is 2. The standard InChI is InChI=1S/C37H39Cl2N7O4.C30H34Cl2N6O3.C7H5NO/c1-4-50-28-15-13-27(14-16-28)46-35(43-34-29(36(46)48)11-8-19-40-34)32(18-20-41-37(49)42-26-9-6-5-7-10-26)45(22-21-44(2)3)33(47)24-25-12-17-30(38)31(39)23-25;1-4-41-22-10-8-21(9-11-22)38-29(35-28-23(30(38)40)6-5-15-34-28)26(13-14-33)37(17-16-36(2)3)27(39)19-20-7-12-24(31)25(32)18-20;9-6-8-7-4-2-1-3-5-7/h5-17,19,23,32H,4,18,20-22,24H2,1-3H3,(H2,41,42,49);5-12,15,18,26H,4,13-14,16-17,19,33H2,1-3H3;1-5H. The molecule has 4 N–H and O–H groups in total. The average Bonchev–Trinajstić information content (AvgIpc) is 0.766. The third-order valence-corrected chi connectivity index (χ3v) is 17.0. The quantitative estimate of drug-likeness (QED) is 0.0319. The van der Waals surface area contributed by atoms with E-state index in [9.17, 15) is 28.8 Å². The van der Waals surface area contributed by atoms with E-state index in [1.54, 1.807) is 160 Å². The number of carbonyl (C=O) groups is 3. The first-order valence-electron chi connectivity index (χ1n) is 32.2. The van der Waals surface area contributed by atoms with Gasteiger partial charge in [0, 0.05) is 50.8 Å². The van der Waals surface area contributed by atoms with Crippen molar-refractivity contribution in [3.05, 3.63) is 246 Å². The normalized spacial score (nSPS) is 11.5. The van der Waals surface area contributed by atoms with Crippen LogP contribution in [0, 0.1) is 0 Å². The Kier molecular flexibility index (Phi) is 28.8. The predicted octanol–water partition coefficient (Wildman–Crippen LogP) is 12.5. The second-order valence-corrected chi connectivity index (χ2v) is 24.8. The van der Waals surface area contributed by atoms with Crippen molar-refractivity contribution >= 4 is 104 Å². The van der Waals surface area contributed by atoms with Gasteiger partial charge in [0.25, 0.3) is 11.1 Å². The number of fused-ring (bicyclic) bond motifs is 2. The van der Waals surface area contributed by atoms with Gasteiger partial charge in [-0.3, -0.25) is 28.3 Å². The number of aliphatic imine (C=N–C) groups is 1. The summed E-state index contributed by atoms with van der Waals surface area (Å²) in [7, 11) is 7.71. The number of ether oxygens (including phenoxy) is 2. The van der Waals surface area contributed by atoms with Gasteiger partial charge in [-0.1, -0.05) is 94.9 Å². The minimum absolute atomic E-state index is 0.0157. The van der Waals surface area contributed by atoms with Gasteiger partial charge >= 0.3 is 6.03 Å². The first kappa shape index (κ1) is 75.9. The van der Waals surface area contributed by atoms with Crippen LogP contribution in [0.4, 0.5) is 16.2 Å². The fourth-order valence-corrected chi connectivity index (χ4v) is 11.3. The molecule has 2 unspecified atom stereocenters. The SMILES string of the molecule is CCOc1ccc(-n2c(C(CCN)N(CCN(C)C)C(=O)Cc3ccc(Cl)c(Cl)c3)nc3ncccc3c2=O)cc1.CCOc1ccc(-n2c(C(CCNC(=O)Nc3ccccc3)N(CCN(C)C)C(=O)Cc3ccc(Cl)c(Cl)c3)nc3ncccc3c2=O)cc1.O=C=Nc1ccccc1. The number of hydrogen-bond donors (Lipinski definition) is 3. The summed E-state index contributed by atoms with van der Waals surface area (Å²) in [5, 5.41) is 7.95. The number of nitrogens with zero attached hydrogens (tertiary/aromatic N) is 11. The number of halogens is 4. The topological polar surface area (TPSA) is 258 Å². The number of likely N-dealkylation sites (N-methyl/N-ethyl adjacent to an activating group) is 2. The molecule has 10 aromatic rings. The minimum Gasteiger partial charge on any atom is -0.494 e. The van der Waals surface area contributed by atoms with Gasteiger partial charge in [-0.05, 0) is 194 Å². The van der Waals surface area contributed by atoms with Crippen LogP contribution in [0.3, 0.4) is 0 Å². The number of rotatable bonds is 27. The molecule has 22 nitrogen and oxygen atoms in total. The summed E-state index contributed by atoms with van der Waals surface area (Å²) in [5.74, 6) is 1.64. The maximum Gasteiger partial charge on any atom is 0.319 e. The van der Waals surface area contributed by atoms with Gasteiger partial charge in [0.05, 0.1) is 86.1 Å². The van der Waals surface area contributed by atoms with Crippen LogP contribution in [-0.4, -0.2) is 153 Å². The maximum atomic E-state index is 14.4. The summed E-state index contributed by atoms with van der Waals surface area (Å²) in [6, 6.07) is 47.6. The van der Waals surface area contributed by atoms with Gasteiger partial charge in [0.2, 0.25) is 17.9 Å². The lowest BCUT2D eigenvalue weighted by molar-refractivity contribution is -0.134. The van der Waals surface area contributed by atoms with Gasteiger partial charge in [0.15, 0.2) is 11.3 Å². The monoisotopic (exact) mass is 1430 g/mol. The predicted molar refractivity (Wildman–Crippen MR) is 395 cm³/mol. The number of pyridine rings is 2. The van der Waals surface area contributed by atoms with Crippen molar-refractivity contribution in [3.63, 3.8) is 0 Å². The van der Waals surface area contributed by atoms with Gasteiger partial charge < -0.3 is 45.4 Å². The molecule has 0 bridgehead atoms. The summed E-state index contributed by atoms with van der Waals surface area (Å²) in [6.07, 6.45) is 5.33. The molecule has 6 aromatic carbocycles. The number of para-hydroxylation sites is 2. The first-order chi connectivity index (χ1) is 48.3. The number of amides is 4. The Hall–Kier alpha value is -9.87.